The van der Waals surface area contributed by atoms with Crippen LogP contribution in [0.15, 0.2) is 36.4 Å². The first-order valence-corrected chi connectivity index (χ1v) is 10.7. The predicted octanol–water partition coefficient (Wildman–Crippen LogP) is 4.53. The second-order valence-electron chi connectivity index (χ2n) is 7.41. The summed E-state index contributed by atoms with van der Waals surface area (Å²) >= 11 is 12.3. The molecule has 158 valence electrons. The van der Waals surface area contributed by atoms with Crippen molar-refractivity contribution in [3.63, 3.8) is 0 Å². The number of aromatic nitrogens is 2. The van der Waals surface area contributed by atoms with Gasteiger partial charge in [0, 0.05) is 6.04 Å². The maximum absolute atomic E-state index is 12.8. The number of para-hydroxylation sites is 1. The summed E-state index contributed by atoms with van der Waals surface area (Å²) < 4.78 is 1.55. The number of imidazole rings is 1. The molecule has 4 rings (SSSR count). The maximum Gasteiger partial charge on any atom is 0.258 e. The topological polar surface area (TPSA) is 99.8 Å². The second-order valence-corrected chi connectivity index (χ2v) is 8.22. The lowest BCUT2D eigenvalue weighted by molar-refractivity contribution is -0.122. The summed E-state index contributed by atoms with van der Waals surface area (Å²) in [4.78, 5) is 29.7. The molecular weight excluding hydrogens is 437 g/mol. The number of nitriles is 1. The van der Waals surface area contributed by atoms with Gasteiger partial charge < -0.3 is 15.2 Å². The fourth-order valence-corrected chi connectivity index (χ4v) is 4.45. The van der Waals surface area contributed by atoms with Crippen LogP contribution in [0.4, 0.5) is 5.69 Å². The molecule has 1 heterocycles. The quantitative estimate of drug-likeness (QED) is 0.590. The van der Waals surface area contributed by atoms with Gasteiger partial charge >= 0.3 is 0 Å². The Morgan fingerprint density at radius 3 is 2.48 bits per heavy atom. The van der Waals surface area contributed by atoms with E-state index in [1.165, 1.54) is 0 Å². The first-order valence-electron chi connectivity index (χ1n) is 9.92. The van der Waals surface area contributed by atoms with Gasteiger partial charge in [0.1, 0.15) is 18.1 Å². The van der Waals surface area contributed by atoms with E-state index in [4.69, 9.17) is 23.2 Å². The normalized spacial score (nSPS) is 13.8. The van der Waals surface area contributed by atoms with Gasteiger partial charge in [0.05, 0.1) is 26.8 Å². The SMILES string of the molecule is N#Cc1nc2c(NC(=O)c3c(Cl)cccc3Cl)cccc2n1CC(=O)NC1CCCC1. The molecule has 2 aromatic carbocycles. The molecule has 1 saturated carbocycles. The van der Waals surface area contributed by atoms with E-state index in [0.29, 0.717) is 16.7 Å². The van der Waals surface area contributed by atoms with Gasteiger partial charge in [0.2, 0.25) is 11.7 Å². The maximum atomic E-state index is 12.8. The van der Waals surface area contributed by atoms with Crippen LogP contribution < -0.4 is 10.6 Å². The number of halogens is 2. The number of fused-ring (bicyclic) bond motifs is 1. The van der Waals surface area contributed by atoms with E-state index in [-0.39, 0.29) is 39.9 Å². The second kappa shape index (κ2) is 8.96. The third-order valence-corrected chi connectivity index (χ3v) is 5.97. The number of carbonyl (C=O) groups excluding carboxylic acids is 2. The summed E-state index contributed by atoms with van der Waals surface area (Å²) in [6.07, 6.45) is 4.17. The molecule has 2 N–H and O–H groups in total. The van der Waals surface area contributed by atoms with Crippen LogP contribution in [0.1, 0.15) is 41.9 Å². The Balaban J connectivity index is 1.63. The lowest BCUT2D eigenvalue weighted by Gasteiger charge is -2.13. The van der Waals surface area contributed by atoms with Crippen molar-refractivity contribution in [1.29, 1.82) is 5.26 Å². The molecule has 0 radical (unpaired) electrons. The number of anilines is 1. The molecule has 2 amide bonds. The van der Waals surface area contributed by atoms with E-state index >= 15 is 0 Å². The molecule has 7 nitrogen and oxygen atoms in total. The van der Waals surface area contributed by atoms with Gasteiger partial charge in [-0.1, -0.05) is 48.2 Å². The summed E-state index contributed by atoms with van der Waals surface area (Å²) in [7, 11) is 0. The predicted molar refractivity (Wildman–Crippen MR) is 119 cm³/mol. The lowest BCUT2D eigenvalue weighted by Crippen LogP contribution is -2.35. The van der Waals surface area contributed by atoms with Gasteiger partial charge in [-0.3, -0.25) is 9.59 Å². The van der Waals surface area contributed by atoms with Crippen LogP contribution in [0.25, 0.3) is 11.0 Å². The molecule has 0 bridgehead atoms. The first kappa shape index (κ1) is 21.2. The van der Waals surface area contributed by atoms with Crippen molar-refractivity contribution in [2.75, 3.05) is 5.32 Å². The molecule has 31 heavy (non-hydrogen) atoms. The average Bonchev–Trinajstić information content (AvgIpc) is 3.36. The van der Waals surface area contributed by atoms with Crippen LogP contribution in [0, 0.1) is 11.3 Å². The Kier molecular flexibility index (Phi) is 6.12. The molecule has 0 spiro atoms. The largest absolute Gasteiger partial charge is 0.352 e. The molecule has 0 atom stereocenters. The standard InChI is InChI=1S/C22H19Cl2N5O2/c23-14-7-3-8-15(24)20(14)22(31)27-16-9-4-10-17-21(16)28-18(11-25)29(17)12-19(30)26-13-5-1-2-6-13/h3-4,7-10,13H,1-2,5-6,12H2,(H,26,30)(H,27,31). The van der Waals surface area contributed by atoms with E-state index in [2.05, 4.69) is 15.6 Å². The zero-order valence-corrected chi connectivity index (χ0v) is 18.0. The summed E-state index contributed by atoms with van der Waals surface area (Å²) in [5.74, 6) is -0.566. The highest BCUT2D eigenvalue weighted by atomic mass is 35.5. The summed E-state index contributed by atoms with van der Waals surface area (Å²) in [5, 5.41) is 15.8. The molecular formula is C22H19Cl2N5O2. The highest BCUT2D eigenvalue weighted by Gasteiger charge is 2.21. The number of carbonyl (C=O) groups is 2. The molecule has 3 aromatic rings. The molecule has 9 heteroatoms. The minimum absolute atomic E-state index is 0.0242. The van der Waals surface area contributed by atoms with E-state index in [1.807, 2.05) is 6.07 Å². The van der Waals surface area contributed by atoms with Gasteiger partial charge in [-0.15, -0.1) is 0 Å². The Morgan fingerprint density at radius 1 is 1.13 bits per heavy atom. The minimum Gasteiger partial charge on any atom is -0.352 e. The van der Waals surface area contributed by atoms with Gasteiger partial charge in [-0.05, 0) is 37.1 Å². The molecule has 0 saturated heterocycles. The zero-order valence-electron chi connectivity index (χ0n) is 16.5. The number of hydrogen-bond donors (Lipinski definition) is 2. The molecule has 0 aliphatic heterocycles. The van der Waals surface area contributed by atoms with Crippen LogP contribution in [0.3, 0.4) is 0 Å². The Morgan fingerprint density at radius 2 is 1.81 bits per heavy atom. The summed E-state index contributed by atoms with van der Waals surface area (Å²) in [6, 6.07) is 12.2. The van der Waals surface area contributed by atoms with Crippen molar-refractivity contribution in [2.45, 2.75) is 38.3 Å². The molecule has 1 aliphatic rings. The molecule has 1 aliphatic carbocycles. The highest BCUT2D eigenvalue weighted by molar-refractivity contribution is 6.40. The number of amides is 2. The third kappa shape index (κ3) is 4.36. The molecule has 1 aromatic heterocycles. The number of nitrogens with zero attached hydrogens (tertiary/aromatic N) is 3. The third-order valence-electron chi connectivity index (χ3n) is 5.34. The first-order chi connectivity index (χ1) is 15.0. The smallest absolute Gasteiger partial charge is 0.258 e. The van der Waals surface area contributed by atoms with E-state index in [0.717, 1.165) is 25.7 Å². The van der Waals surface area contributed by atoms with Crippen molar-refractivity contribution in [2.24, 2.45) is 0 Å². The van der Waals surface area contributed by atoms with Crippen molar-refractivity contribution in [3.8, 4) is 6.07 Å². The van der Waals surface area contributed by atoms with Crippen molar-refractivity contribution < 1.29 is 9.59 Å². The average molecular weight is 456 g/mol. The number of nitrogens with one attached hydrogen (secondary N) is 2. The minimum atomic E-state index is -0.491. The Labute approximate surface area is 189 Å². The Bertz CT molecular complexity index is 1190. The zero-order chi connectivity index (χ0) is 22.0. The fourth-order valence-electron chi connectivity index (χ4n) is 3.88. The van der Waals surface area contributed by atoms with E-state index in [1.54, 1.807) is 41.0 Å². The van der Waals surface area contributed by atoms with Crippen molar-refractivity contribution in [3.05, 3.63) is 57.8 Å². The fraction of sp³-hybridized carbons (Fsp3) is 0.273. The summed E-state index contributed by atoms with van der Waals surface area (Å²) in [6.45, 7) is -0.0242. The molecule has 0 unspecified atom stereocenters. The van der Waals surface area contributed by atoms with Gasteiger partial charge in [0.25, 0.3) is 5.91 Å². The number of benzene rings is 2. The summed E-state index contributed by atoms with van der Waals surface area (Å²) in [5.41, 5.74) is 1.52. The number of hydrogen-bond acceptors (Lipinski definition) is 4. The van der Waals surface area contributed by atoms with Crippen LogP contribution in [-0.2, 0) is 11.3 Å². The van der Waals surface area contributed by atoms with Crippen molar-refractivity contribution in [1.82, 2.24) is 14.9 Å². The van der Waals surface area contributed by atoms with Crippen LogP contribution >= 0.6 is 23.2 Å². The van der Waals surface area contributed by atoms with Gasteiger partial charge in [-0.2, -0.15) is 5.26 Å². The van der Waals surface area contributed by atoms with Crippen LogP contribution in [0.2, 0.25) is 10.0 Å². The van der Waals surface area contributed by atoms with Gasteiger partial charge in [0.15, 0.2) is 0 Å². The lowest BCUT2D eigenvalue weighted by atomic mass is 10.2. The van der Waals surface area contributed by atoms with E-state index in [9.17, 15) is 14.9 Å². The molecule has 1 fully saturated rings. The Hall–Kier alpha value is -3.08. The highest BCUT2D eigenvalue weighted by Crippen LogP contribution is 2.28. The number of rotatable bonds is 5. The van der Waals surface area contributed by atoms with Crippen LogP contribution in [-0.4, -0.2) is 27.4 Å². The van der Waals surface area contributed by atoms with Crippen molar-refractivity contribution >= 4 is 51.7 Å². The van der Waals surface area contributed by atoms with E-state index < -0.39 is 5.91 Å². The van der Waals surface area contributed by atoms with Crippen LogP contribution in [0.5, 0.6) is 0 Å². The van der Waals surface area contributed by atoms with Gasteiger partial charge in [-0.25, -0.2) is 4.98 Å². The monoisotopic (exact) mass is 455 g/mol.